The third kappa shape index (κ3) is 2.52. The molecule has 1 atom stereocenters. The maximum absolute atomic E-state index is 11.3. The predicted molar refractivity (Wildman–Crippen MR) is 50.4 cm³/mol. The average Bonchev–Trinajstić information content (AvgIpc) is 2.38. The highest BCUT2D eigenvalue weighted by Gasteiger charge is 2.35. The fourth-order valence-electron chi connectivity index (χ4n) is 1.41. The number of carbonyl (C=O) groups excluding carboxylic acids is 2. The van der Waals surface area contributed by atoms with Gasteiger partial charge in [0.25, 0.3) is 0 Å². The Labute approximate surface area is 83.2 Å². The van der Waals surface area contributed by atoms with Gasteiger partial charge in [-0.1, -0.05) is 0 Å². The molecule has 1 rings (SSSR count). The summed E-state index contributed by atoms with van der Waals surface area (Å²) in [6.45, 7) is 3.55. The molecule has 14 heavy (non-hydrogen) atoms. The van der Waals surface area contributed by atoms with Gasteiger partial charge in [-0.3, -0.25) is 14.5 Å². The SMILES string of the molecule is CCOCCCN1C(=O)CC(N)C1=O. The monoisotopic (exact) mass is 200 g/mol. The van der Waals surface area contributed by atoms with Crippen molar-refractivity contribution in [2.45, 2.75) is 25.8 Å². The molecule has 1 saturated heterocycles. The van der Waals surface area contributed by atoms with Gasteiger partial charge in [0.1, 0.15) is 0 Å². The van der Waals surface area contributed by atoms with Gasteiger partial charge >= 0.3 is 0 Å². The Morgan fingerprint density at radius 2 is 2.29 bits per heavy atom. The van der Waals surface area contributed by atoms with Crippen LogP contribution in [0.15, 0.2) is 0 Å². The number of imide groups is 1. The second kappa shape index (κ2) is 5.07. The molecule has 2 N–H and O–H groups in total. The number of nitrogens with zero attached hydrogens (tertiary/aromatic N) is 1. The molecule has 1 heterocycles. The van der Waals surface area contributed by atoms with Crippen molar-refractivity contribution in [1.29, 1.82) is 0 Å². The molecule has 1 fully saturated rings. The fourth-order valence-corrected chi connectivity index (χ4v) is 1.41. The summed E-state index contributed by atoms with van der Waals surface area (Å²) in [6, 6.07) is -0.630. The van der Waals surface area contributed by atoms with Crippen LogP contribution in [0.4, 0.5) is 0 Å². The predicted octanol–water partition coefficient (Wildman–Crippen LogP) is -0.501. The van der Waals surface area contributed by atoms with Gasteiger partial charge in [0, 0.05) is 19.8 Å². The van der Waals surface area contributed by atoms with E-state index in [0.29, 0.717) is 26.2 Å². The molecule has 1 aliphatic heterocycles. The number of rotatable bonds is 5. The van der Waals surface area contributed by atoms with Crippen molar-refractivity contribution in [2.24, 2.45) is 5.73 Å². The summed E-state index contributed by atoms with van der Waals surface area (Å²) in [7, 11) is 0. The van der Waals surface area contributed by atoms with Crippen LogP contribution in [0.1, 0.15) is 19.8 Å². The lowest BCUT2D eigenvalue weighted by Gasteiger charge is -2.13. The molecule has 0 aromatic rings. The van der Waals surface area contributed by atoms with Crippen LogP contribution in [0.25, 0.3) is 0 Å². The molecule has 1 aliphatic rings. The lowest BCUT2D eigenvalue weighted by Crippen LogP contribution is -2.36. The second-order valence-electron chi connectivity index (χ2n) is 3.24. The summed E-state index contributed by atoms with van der Waals surface area (Å²) >= 11 is 0. The van der Waals surface area contributed by atoms with E-state index >= 15 is 0 Å². The fraction of sp³-hybridized carbons (Fsp3) is 0.778. The highest BCUT2D eigenvalue weighted by molar-refractivity contribution is 6.05. The maximum Gasteiger partial charge on any atom is 0.246 e. The van der Waals surface area contributed by atoms with Crippen LogP contribution in [0.2, 0.25) is 0 Å². The van der Waals surface area contributed by atoms with E-state index in [-0.39, 0.29) is 18.2 Å². The summed E-state index contributed by atoms with van der Waals surface area (Å²) in [4.78, 5) is 23.8. The second-order valence-corrected chi connectivity index (χ2v) is 3.24. The van der Waals surface area contributed by atoms with Crippen molar-refractivity contribution in [3.63, 3.8) is 0 Å². The minimum atomic E-state index is -0.630. The van der Waals surface area contributed by atoms with E-state index in [1.807, 2.05) is 6.92 Å². The van der Waals surface area contributed by atoms with E-state index in [4.69, 9.17) is 10.5 Å². The minimum Gasteiger partial charge on any atom is -0.382 e. The quantitative estimate of drug-likeness (QED) is 0.479. The number of hydrogen-bond acceptors (Lipinski definition) is 4. The molecule has 80 valence electrons. The van der Waals surface area contributed by atoms with E-state index < -0.39 is 6.04 Å². The topological polar surface area (TPSA) is 72.6 Å². The third-order valence-electron chi connectivity index (χ3n) is 2.15. The highest BCUT2D eigenvalue weighted by Crippen LogP contribution is 2.11. The van der Waals surface area contributed by atoms with Gasteiger partial charge in [-0.05, 0) is 13.3 Å². The van der Waals surface area contributed by atoms with Crippen molar-refractivity contribution >= 4 is 11.8 Å². The molecule has 0 aromatic heterocycles. The maximum atomic E-state index is 11.3. The zero-order chi connectivity index (χ0) is 10.6. The van der Waals surface area contributed by atoms with Gasteiger partial charge in [-0.25, -0.2) is 0 Å². The Bertz CT molecular complexity index is 230. The molecule has 0 saturated carbocycles. The van der Waals surface area contributed by atoms with Crippen molar-refractivity contribution in [1.82, 2.24) is 4.90 Å². The molecule has 0 radical (unpaired) electrons. The molecule has 0 aliphatic carbocycles. The van der Waals surface area contributed by atoms with Crippen LogP contribution in [-0.2, 0) is 14.3 Å². The van der Waals surface area contributed by atoms with Crippen molar-refractivity contribution in [3.8, 4) is 0 Å². The van der Waals surface area contributed by atoms with Gasteiger partial charge < -0.3 is 10.5 Å². The molecule has 1 unspecified atom stereocenters. The Hall–Kier alpha value is -0.940. The van der Waals surface area contributed by atoms with Gasteiger partial charge in [0.15, 0.2) is 0 Å². The summed E-state index contributed by atoms with van der Waals surface area (Å²) in [6.07, 6.45) is 0.825. The molecule has 0 bridgehead atoms. The molecule has 2 amide bonds. The Morgan fingerprint density at radius 3 is 2.79 bits per heavy atom. The average molecular weight is 200 g/mol. The van der Waals surface area contributed by atoms with E-state index in [0.717, 1.165) is 0 Å². The van der Waals surface area contributed by atoms with Crippen molar-refractivity contribution in [2.75, 3.05) is 19.8 Å². The standard InChI is InChI=1S/C9H16N2O3/c1-2-14-5-3-4-11-8(12)6-7(10)9(11)13/h7H,2-6,10H2,1H3. The smallest absolute Gasteiger partial charge is 0.246 e. The normalized spacial score (nSPS) is 22.1. The van der Waals surface area contributed by atoms with Crippen LogP contribution in [-0.4, -0.2) is 42.5 Å². The Kier molecular flexibility index (Phi) is 4.03. The van der Waals surface area contributed by atoms with Crippen molar-refractivity contribution < 1.29 is 14.3 Å². The van der Waals surface area contributed by atoms with Crippen LogP contribution >= 0.6 is 0 Å². The van der Waals surface area contributed by atoms with Gasteiger partial charge in [0.2, 0.25) is 11.8 Å². The summed E-state index contributed by atoms with van der Waals surface area (Å²) in [5, 5.41) is 0. The molecule has 0 aromatic carbocycles. The number of likely N-dealkylation sites (tertiary alicyclic amines) is 1. The van der Waals surface area contributed by atoms with Crippen LogP contribution in [0.3, 0.4) is 0 Å². The lowest BCUT2D eigenvalue weighted by atomic mass is 10.3. The van der Waals surface area contributed by atoms with Crippen LogP contribution in [0, 0.1) is 0 Å². The highest BCUT2D eigenvalue weighted by atomic mass is 16.5. The first-order valence-corrected chi connectivity index (χ1v) is 4.84. The summed E-state index contributed by atoms with van der Waals surface area (Å²) in [5.74, 6) is -0.425. The Morgan fingerprint density at radius 1 is 1.57 bits per heavy atom. The first-order chi connectivity index (χ1) is 6.66. The zero-order valence-corrected chi connectivity index (χ0v) is 8.36. The molecular weight excluding hydrogens is 184 g/mol. The van der Waals surface area contributed by atoms with Crippen LogP contribution < -0.4 is 5.73 Å². The number of hydrogen-bond donors (Lipinski definition) is 1. The van der Waals surface area contributed by atoms with E-state index in [2.05, 4.69) is 0 Å². The zero-order valence-electron chi connectivity index (χ0n) is 8.36. The van der Waals surface area contributed by atoms with E-state index in [1.165, 1.54) is 4.90 Å². The van der Waals surface area contributed by atoms with Gasteiger partial charge in [-0.2, -0.15) is 0 Å². The number of nitrogens with two attached hydrogens (primary N) is 1. The minimum absolute atomic E-state index is 0.146. The Balaban J connectivity index is 2.30. The van der Waals surface area contributed by atoms with Crippen LogP contribution in [0.5, 0.6) is 0 Å². The van der Waals surface area contributed by atoms with Crippen molar-refractivity contribution in [3.05, 3.63) is 0 Å². The molecule has 5 heteroatoms. The van der Waals surface area contributed by atoms with E-state index in [1.54, 1.807) is 0 Å². The first-order valence-electron chi connectivity index (χ1n) is 4.84. The molecular formula is C9H16N2O3. The van der Waals surface area contributed by atoms with Gasteiger partial charge in [0.05, 0.1) is 12.5 Å². The number of carbonyl (C=O) groups is 2. The number of ether oxygens (including phenoxy) is 1. The lowest BCUT2D eigenvalue weighted by molar-refractivity contribution is -0.138. The third-order valence-corrected chi connectivity index (χ3v) is 2.15. The molecule has 0 spiro atoms. The molecule has 5 nitrogen and oxygen atoms in total. The van der Waals surface area contributed by atoms with Gasteiger partial charge in [-0.15, -0.1) is 0 Å². The summed E-state index contributed by atoms with van der Waals surface area (Å²) in [5.41, 5.74) is 5.45. The first kappa shape index (κ1) is 11.1. The largest absolute Gasteiger partial charge is 0.382 e. The summed E-state index contributed by atoms with van der Waals surface area (Å²) < 4.78 is 5.11. The number of amides is 2. The van der Waals surface area contributed by atoms with E-state index in [9.17, 15) is 9.59 Å².